The van der Waals surface area contributed by atoms with Crippen molar-refractivity contribution in [1.82, 2.24) is 25.3 Å². The van der Waals surface area contributed by atoms with E-state index in [4.69, 9.17) is 4.74 Å². The maximum atomic E-state index is 12.5. The van der Waals surface area contributed by atoms with Crippen molar-refractivity contribution >= 4 is 17.8 Å². The molecule has 2 aromatic heterocycles. The lowest BCUT2D eigenvalue weighted by Crippen LogP contribution is -2.34. The van der Waals surface area contributed by atoms with E-state index >= 15 is 0 Å². The number of hydrogen-bond donors (Lipinski definition) is 3. The van der Waals surface area contributed by atoms with Gasteiger partial charge in [-0.1, -0.05) is 0 Å². The van der Waals surface area contributed by atoms with Crippen LogP contribution in [0.25, 0.3) is 0 Å². The van der Waals surface area contributed by atoms with E-state index in [1.54, 1.807) is 6.07 Å². The van der Waals surface area contributed by atoms with Gasteiger partial charge < -0.3 is 20.1 Å². The summed E-state index contributed by atoms with van der Waals surface area (Å²) in [4.78, 5) is 24.0. The summed E-state index contributed by atoms with van der Waals surface area (Å²) in [7, 11) is 1.54. The number of rotatable bonds is 9. The molecule has 0 unspecified atom stereocenters. The summed E-state index contributed by atoms with van der Waals surface area (Å²) >= 11 is 0. The second-order valence-electron chi connectivity index (χ2n) is 7.81. The topological polar surface area (TPSA) is 123 Å². The summed E-state index contributed by atoms with van der Waals surface area (Å²) in [5, 5.41) is 16.3. The molecule has 1 aliphatic carbocycles. The summed E-state index contributed by atoms with van der Waals surface area (Å²) in [5.41, 5.74) is 1.30. The van der Waals surface area contributed by atoms with Gasteiger partial charge in [-0.3, -0.25) is 14.6 Å². The van der Waals surface area contributed by atoms with Gasteiger partial charge in [0.15, 0.2) is 5.82 Å². The normalized spacial score (nSPS) is 18.2. The van der Waals surface area contributed by atoms with Crippen molar-refractivity contribution in [3.05, 3.63) is 29.2 Å². The molecular formula is C19H26F2N6O4. The molecule has 0 spiro atoms. The minimum atomic E-state index is -2.91. The number of nitrogens with one attached hydrogen (secondary N) is 3. The molecule has 0 aromatic carbocycles. The van der Waals surface area contributed by atoms with Crippen LogP contribution in [0.5, 0.6) is 0 Å². The number of H-pyrrole nitrogens is 1. The zero-order valence-corrected chi connectivity index (χ0v) is 17.5. The zero-order chi connectivity index (χ0) is 22.5. The van der Waals surface area contributed by atoms with Crippen LogP contribution in [0.15, 0.2) is 12.1 Å². The molecule has 3 N–H and O–H groups in total. The predicted molar refractivity (Wildman–Crippen MR) is 106 cm³/mol. The first-order valence-electron chi connectivity index (χ1n) is 9.94. The second kappa shape index (κ2) is 9.86. The van der Waals surface area contributed by atoms with Crippen LogP contribution in [-0.2, 0) is 23.1 Å². The first-order chi connectivity index (χ1) is 14.7. The summed E-state index contributed by atoms with van der Waals surface area (Å²) in [6.45, 7) is 0.799. The number of alkyl halides is 2. The highest BCUT2D eigenvalue weighted by molar-refractivity contribution is 6.02. The summed E-state index contributed by atoms with van der Waals surface area (Å²) in [6.07, 6.45) is 1.28. The quantitative estimate of drug-likeness (QED) is 0.551. The molecule has 1 aliphatic rings. The lowest BCUT2D eigenvalue weighted by molar-refractivity contribution is -0.138. The lowest BCUT2D eigenvalue weighted by atomic mass is 9.74. The number of ether oxygens (including phenoxy) is 2. The molecular weight excluding hydrogens is 414 g/mol. The first kappa shape index (κ1) is 22.7. The Kier molecular flexibility index (Phi) is 7.21. The third-order valence-corrected chi connectivity index (χ3v) is 4.89. The highest BCUT2D eigenvalue weighted by Gasteiger charge is 2.32. The Bertz CT molecular complexity index is 907. The van der Waals surface area contributed by atoms with Crippen LogP contribution in [0.2, 0.25) is 0 Å². The Morgan fingerprint density at radius 3 is 2.74 bits per heavy atom. The molecule has 3 rings (SSSR count). The molecule has 170 valence electrons. The molecule has 0 saturated heterocycles. The summed E-state index contributed by atoms with van der Waals surface area (Å²) in [6, 6.07) is 3.17. The lowest BCUT2D eigenvalue weighted by Gasteiger charge is -2.34. The number of aryl methyl sites for hydroxylation is 1. The number of anilines is 1. The number of hydrogen-bond acceptors (Lipinski definition) is 6. The molecule has 2 aromatic rings. The molecule has 2 heterocycles. The Morgan fingerprint density at radius 2 is 2.06 bits per heavy atom. The molecule has 0 aliphatic heterocycles. The number of aromatic nitrogens is 4. The fraction of sp³-hybridized carbons (Fsp3) is 0.579. The van der Waals surface area contributed by atoms with Crippen LogP contribution in [0.4, 0.5) is 19.4 Å². The van der Waals surface area contributed by atoms with Crippen LogP contribution in [0.1, 0.15) is 54.5 Å². The molecule has 0 radical (unpaired) electrons. The number of carbonyl (C=O) groups is 2. The first-order valence-corrected chi connectivity index (χ1v) is 9.94. The Labute approximate surface area is 177 Å². The Morgan fingerprint density at radius 1 is 1.32 bits per heavy atom. The van der Waals surface area contributed by atoms with Gasteiger partial charge in [0.05, 0.1) is 18.9 Å². The van der Waals surface area contributed by atoms with Crippen LogP contribution in [0, 0.1) is 5.92 Å². The summed E-state index contributed by atoms with van der Waals surface area (Å²) in [5.74, 6) is 0.414. The van der Waals surface area contributed by atoms with Crippen LogP contribution < -0.4 is 10.6 Å². The van der Waals surface area contributed by atoms with E-state index in [0.29, 0.717) is 12.4 Å². The van der Waals surface area contributed by atoms with Gasteiger partial charge in [-0.05, 0) is 38.7 Å². The monoisotopic (exact) mass is 440 g/mol. The molecule has 1 fully saturated rings. The van der Waals surface area contributed by atoms with Gasteiger partial charge in [0.2, 0.25) is 0 Å². The van der Waals surface area contributed by atoms with E-state index in [1.165, 1.54) is 17.8 Å². The van der Waals surface area contributed by atoms with Crippen LogP contribution >= 0.6 is 0 Å². The van der Waals surface area contributed by atoms with E-state index in [9.17, 15) is 18.4 Å². The fourth-order valence-electron chi connectivity index (χ4n) is 3.34. The van der Waals surface area contributed by atoms with Gasteiger partial charge in [-0.15, -0.1) is 0 Å². The van der Waals surface area contributed by atoms with E-state index in [0.717, 1.165) is 18.5 Å². The van der Waals surface area contributed by atoms with Crippen molar-refractivity contribution in [2.75, 3.05) is 11.9 Å². The SMILES string of the molecule is CC(C)NC(=O)OC[C@H]1C[C@@H](c2cc(NC(=O)c3cc(COC(F)F)nn3C)n[nH]2)C1. The summed E-state index contributed by atoms with van der Waals surface area (Å²) < 4.78 is 35.0. The van der Waals surface area contributed by atoms with E-state index in [2.05, 4.69) is 30.7 Å². The van der Waals surface area contributed by atoms with Crippen molar-refractivity contribution < 1.29 is 27.8 Å². The molecule has 12 heteroatoms. The van der Waals surface area contributed by atoms with Gasteiger partial charge >= 0.3 is 12.7 Å². The van der Waals surface area contributed by atoms with Crippen molar-refractivity contribution in [2.45, 2.75) is 51.9 Å². The van der Waals surface area contributed by atoms with Crippen LogP contribution in [0.3, 0.4) is 0 Å². The Balaban J connectivity index is 1.46. The third-order valence-electron chi connectivity index (χ3n) is 4.89. The fourth-order valence-corrected chi connectivity index (χ4v) is 3.34. The van der Waals surface area contributed by atoms with E-state index in [-0.39, 0.29) is 29.3 Å². The average molecular weight is 440 g/mol. The standard InChI is InChI=1S/C19H26F2N6O4/c1-10(2)22-19(29)31-8-11-4-12(5-11)14-7-16(25-24-14)23-17(28)15-6-13(26-27(15)3)9-30-18(20)21/h6-7,10-12,18H,4-5,8-9H2,1-3H3,(H,22,29)(H2,23,24,25,28)/t11-,12+. The third kappa shape index (κ3) is 6.23. The molecule has 1 saturated carbocycles. The van der Waals surface area contributed by atoms with Gasteiger partial charge in [-0.25, -0.2) is 4.79 Å². The highest BCUT2D eigenvalue weighted by Crippen LogP contribution is 2.41. The van der Waals surface area contributed by atoms with Crippen LogP contribution in [-0.4, -0.2) is 51.2 Å². The van der Waals surface area contributed by atoms with Crippen molar-refractivity contribution in [3.63, 3.8) is 0 Å². The largest absolute Gasteiger partial charge is 0.449 e. The minimum absolute atomic E-state index is 0.0316. The predicted octanol–water partition coefficient (Wildman–Crippen LogP) is 2.76. The average Bonchev–Trinajstić information content (AvgIpc) is 3.24. The zero-order valence-electron chi connectivity index (χ0n) is 17.5. The van der Waals surface area contributed by atoms with E-state index < -0.39 is 25.2 Å². The molecule has 0 atom stereocenters. The number of halogens is 2. The number of alkyl carbamates (subject to hydrolysis) is 1. The molecule has 31 heavy (non-hydrogen) atoms. The maximum absolute atomic E-state index is 12.5. The number of aromatic amines is 1. The van der Waals surface area contributed by atoms with Crippen molar-refractivity contribution in [3.8, 4) is 0 Å². The Hall–Kier alpha value is -3.02. The van der Waals surface area contributed by atoms with Gasteiger partial charge in [0, 0.05) is 30.8 Å². The smallest absolute Gasteiger partial charge is 0.407 e. The van der Waals surface area contributed by atoms with Gasteiger partial charge in [-0.2, -0.15) is 19.0 Å². The van der Waals surface area contributed by atoms with Gasteiger partial charge in [0.25, 0.3) is 5.91 Å². The molecule has 10 nitrogen and oxygen atoms in total. The maximum Gasteiger partial charge on any atom is 0.407 e. The molecule has 0 bridgehead atoms. The molecule has 2 amide bonds. The van der Waals surface area contributed by atoms with Crippen molar-refractivity contribution in [2.24, 2.45) is 13.0 Å². The minimum Gasteiger partial charge on any atom is -0.449 e. The van der Waals surface area contributed by atoms with Crippen molar-refractivity contribution in [1.29, 1.82) is 0 Å². The number of carbonyl (C=O) groups excluding carboxylic acids is 2. The number of amides is 2. The highest BCUT2D eigenvalue weighted by atomic mass is 19.3. The second-order valence-corrected chi connectivity index (χ2v) is 7.81. The number of nitrogens with zero attached hydrogens (tertiary/aromatic N) is 3. The van der Waals surface area contributed by atoms with Gasteiger partial charge in [0.1, 0.15) is 5.69 Å². The van der Waals surface area contributed by atoms with E-state index in [1.807, 2.05) is 13.8 Å².